The number of rotatable bonds is 1. The van der Waals surface area contributed by atoms with E-state index in [-0.39, 0.29) is 17.0 Å². The molecule has 3 heteroatoms. The standard InChI is InChI=1S/C8H11N2.BrH/c1-3-5-10-7-6-9(4-2)8-10;/h6-8H,4H2,1-2H3;1H/q+1;/p-1. The Labute approximate surface area is 77.6 Å². The molecule has 0 fully saturated rings. The molecule has 0 aliphatic heterocycles. The maximum Gasteiger partial charge on any atom is 0.257 e. The fourth-order valence-electron chi connectivity index (χ4n) is 0.777. The molecule has 1 aromatic heterocycles. The molecule has 0 spiro atoms. The summed E-state index contributed by atoms with van der Waals surface area (Å²) in [6.07, 6.45) is 5.92. The molecule has 1 rings (SSSR count). The van der Waals surface area contributed by atoms with Crippen LogP contribution in [0.15, 0.2) is 18.7 Å². The SMILES string of the molecule is CC#Cn1cc[n+](CC)c1.[Br-]. The van der Waals surface area contributed by atoms with Crippen molar-refractivity contribution in [2.75, 3.05) is 0 Å². The van der Waals surface area contributed by atoms with Crippen LogP contribution in [0.4, 0.5) is 0 Å². The molecular weight excluding hydrogens is 204 g/mol. The molecule has 0 N–H and O–H groups in total. The van der Waals surface area contributed by atoms with Crippen LogP contribution in [0.2, 0.25) is 0 Å². The minimum absolute atomic E-state index is 0. The van der Waals surface area contributed by atoms with Gasteiger partial charge >= 0.3 is 0 Å². The number of nitrogens with zero attached hydrogens (tertiary/aromatic N) is 2. The highest BCUT2D eigenvalue weighted by Crippen LogP contribution is 1.77. The number of aromatic nitrogens is 2. The molecule has 2 nitrogen and oxygen atoms in total. The lowest BCUT2D eigenvalue weighted by atomic mass is 10.7. The van der Waals surface area contributed by atoms with Crippen LogP contribution in [-0.2, 0) is 6.54 Å². The first-order chi connectivity index (χ1) is 4.86. The van der Waals surface area contributed by atoms with E-state index in [9.17, 15) is 0 Å². The van der Waals surface area contributed by atoms with Gasteiger partial charge in [0.2, 0.25) is 0 Å². The number of imidazole rings is 1. The molecule has 0 atom stereocenters. The van der Waals surface area contributed by atoms with Gasteiger partial charge in [0.05, 0.1) is 6.54 Å². The first-order valence-corrected chi connectivity index (χ1v) is 3.36. The Kier molecular flexibility index (Phi) is 4.64. The first kappa shape index (κ1) is 10.2. The molecule has 0 unspecified atom stereocenters. The maximum atomic E-state index is 2.91. The van der Waals surface area contributed by atoms with E-state index in [0.29, 0.717) is 0 Å². The fraction of sp³-hybridized carbons (Fsp3) is 0.375. The summed E-state index contributed by atoms with van der Waals surface area (Å²) in [5.41, 5.74) is 0. The Morgan fingerprint density at radius 3 is 2.73 bits per heavy atom. The highest BCUT2D eigenvalue weighted by Gasteiger charge is 1.95. The Hall–Kier alpha value is -0.750. The molecule has 1 heterocycles. The monoisotopic (exact) mass is 214 g/mol. The fourth-order valence-corrected chi connectivity index (χ4v) is 0.777. The number of hydrogen-bond donors (Lipinski definition) is 0. The highest BCUT2D eigenvalue weighted by molar-refractivity contribution is 4.98. The molecular formula is C8H11BrN2. The van der Waals surface area contributed by atoms with Gasteiger partial charge in [-0.25, -0.2) is 4.57 Å². The summed E-state index contributed by atoms with van der Waals surface area (Å²) < 4.78 is 3.92. The second-order valence-electron chi connectivity index (χ2n) is 2.01. The zero-order valence-corrected chi connectivity index (χ0v) is 8.30. The van der Waals surface area contributed by atoms with Gasteiger partial charge in [-0.05, 0) is 6.92 Å². The van der Waals surface area contributed by atoms with Crippen molar-refractivity contribution in [2.45, 2.75) is 20.4 Å². The third-order valence-electron chi connectivity index (χ3n) is 1.30. The average molecular weight is 215 g/mol. The van der Waals surface area contributed by atoms with E-state index >= 15 is 0 Å². The molecule has 11 heavy (non-hydrogen) atoms. The normalized spacial score (nSPS) is 7.82. The van der Waals surface area contributed by atoms with Gasteiger partial charge in [0, 0.05) is 6.92 Å². The number of hydrogen-bond acceptors (Lipinski definition) is 0. The quantitative estimate of drug-likeness (QED) is 0.365. The number of aryl methyl sites for hydroxylation is 1. The largest absolute Gasteiger partial charge is 1.00 e. The van der Waals surface area contributed by atoms with Crippen molar-refractivity contribution in [3.63, 3.8) is 0 Å². The average Bonchev–Trinajstić information content (AvgIpc) is 2.37. The van der Waals surface area contributed by atoms with Gasteiger partial charge in [0.25, 0.3) is 6.33 Å². The smallest absolute Gasteiger partial charge is 0.257 e. The molecule has 60 valence electrons. The Morgan fingerprint density at radius 2 is 2.27 bits per heavy atom. The zero-order chi connectivity index (χ0) is 7.40. The van der Waals surface area contributed by atoms with Gasteiger partial charge in [0.15, 0.2) is 0 Å². The highest BCUT2D eigenvalue weighted by atomic mass is 79.9. The van der Waals surface area contributed by atoms with Crippen molar-refractivity contribution >= 4 is 0 Å². The van der Waals surface area contributed by atoms with E-state index in [2.05, 4.69) is 23.5 Å². The van der Waals surface area contributed by atoms with Gasteiger partial charge in [0.1, 0.15) is 18.4 Å². The first-order valence-electron chi connectivity index (χ1n) is 3.36. The lowest BCUT2D eigenvalue weighted by Crippen LogP contribution is -3.00. The third kappa shape index (κ3) is 2.77. The molecule has 0 saturated carbocycles. The molecule has 0 aromatic carbocycles. The molecule has 0 aliphatic rings. The second kappa shape index (κ2) is 4.97. The van der Waals surface area contributed by atoms with Gasteiger partial charge in [-0.3, -0.25) is 0 Å². The van der Waals surface area contributed by atoms with E-state index in [1.165, 1.54) is 0 Å². The van der Waals surface area contributed by atoms with Crippen LogP contribution < -0.4 is 21.5 Å². The van der Waals surface area contributed by atoms with Gasteiger partial charge in [-0.15, -0.1) is 0 Å². The topological polar surface area (TPSA) is 8.81 Å². The summed E-state index contributed by atoms with van der Waals surface area (Å²) in [7, 11) is 0. The van der Waals surface area contributed by atoms with Crippen LogP contribution in [0, 0.1) is 12.0 Å². The molecule has 0 saturated heterocycles. The van der Waals surface area contributed by atoms with E-state index in [4.69, 9.17) is 0 Å². The summed E-state index contributed by atoms with van der Waals surface area (Å²) in [5, 5.41) is 0. The van der Waals surface area contributed by atoms with Crippen molar-refractivity contribution in [2.24, 2.45) is 0 Å². The van der Waals surface area contributed by atoms with Gasteiger partial charge in [-0.1, -0.05) is 5.92 Å². The van der Waals surface area contributed by atoms with E-state index in [1.54, 1.807) is 0 Å². The van der Waals surface area contributed by atoms with Crippen molar-refractivity contribution in [3.8, 4) is 12.0 Å². The summed E-state index contributed by atoms with van der Waals surface area (Å²) in [5.74, 6) is 2.82. The van der Waals surface area contributed by atoms with Gasteiger partial charge < -0.3 is 17.0 Å². The van der Waals surface area contributed by atoms with Crippen LogP contribution in [0.5, 0.6) is 0 Å². The van der Waals surface area contributed by atoms with Crippen LogP contribution in [-0.4, -0.2) is 4.57 Å². The predicted molar refractivity (Wildman–Crippen MR) is 39.1 cm³/mol. The van der Waals surface area contributed by atoms with Crippen molar-refractivity contribution in [3.05, 3.63) is 18.7 Å². The molecule has 0 amide bonds. The Balaban J connectivity index is 0.000001000. The van der Waals surface area contributed by atoms with Crippen LogP contribution in [0.1, 0.15) is 13.8 Å². The summed E-state index contributed by atoms with van der Waals surface area (Å²) >= 11 is 0. The maximum absolute atomic E-state index is 2.91. The van der Waals surface area contributed by atoms with Crippen LogP contribution >= 0.6 is 0 Å². The zero-order valence-electron chi connectivity index (χ0n) is 6.71. The van der Waals surface area contributed by atoms with Crippen molar-refractivity contribution in [1.29, 1.82) is 0 Å². The summed E-state index contributed by atoms with van der Waals surface area (Å²) in [6, 6.07) is 2.91. The molecule has 0 aliphatic carbocycles. The lowest BCUT2D eigenvalue weighted by Gasteiger charge is -1.80. The predicted octanol–water partition coefficient (Wildman–Crippen LogP) is -2.37. The minimum atomic E-state index is 0. The minimum Gasteiger partial charge on any atom is -1.00 e. The van der Waals surface area contributed by atoms with E-state index in [0.717, 1.165) is 6.54 Å². The summed E-state index contributed by atoms with van der Waals surface area (Å²) in [4.78, 5) is 0. The van der Waals surface area contributed by atoms with E-state index < -0.39 is 0 Å². The lowest BCUT2D eigenvalue weighted by molar-refractivity contribution is -0.692. The third-order valence-corrected chi connectivity index (χ3v) is 1.30. The Bertz CT molecular complexity index is 267. The van der Waals surface area contributed by atoms with Crippen molar-refractivity contribution in [1.82, 2.24) is 4.57 Å². The second-order valence-corrected chi connectivity index (χ2v) is 2.01. The molecule has 1 aromatic rings. The number of halogens is 1. The van der Waals surface area contributed by atoms with Gasteiger partial charge in [-0.2, -0.15) is 4.57 Å². The Morgan fingerprint density at radius 1 is 1.55 bits per heavy atom. The molecule has 0 radical (unpaired) electrons. The van der Waals surface area contributed by atoms with Crippen LogP contribution in [0.3, 0.4) is 0 Å². The molecule has 0 bridgehead atoms. The van der Waals surface area contributed by atoms with E-state index in [1.807, 2.05) is 30.2 Å². The van der Waals surface area contributed by atoms with Crippen molar-refractivity contribution < 1.29 is 21.5 Å². The van der Waals surface area contributed by atoms with Crippen LogP contribution in [0.25, 0.3) is 0 Å². The summed E-state index contributed by atoms with van der Waals surface area (Å²) in [6.45, 7) is 4.93.